The molecule has 0 saturated carbocycles. The van der Waals surface area contributed by atoms with Crippen molar-refractivity contribution in [2.24, 2.45) is 0 Å². The summed E-state index contributed by atoms with van der Waals surface area (Å²) in [6.45, 7) is 1.97. The van der Waals surface area contributed by atoms with Crippen molar-refractivity contribution in [2.75, 3.05) is 4.90 Å². The highest BCUT2D eigenvalue weighted by Crippen LogP contribution is 2.39. The highest BCUT2D eigenvalue weighted by molar-refractivity contribution is 5.83. The zero-order chi connectivity index (χ0) is 12.7. The minimum absolute atomic E-state index is 0.310. The Balaban J connectivity index is 2.04. The van der Waals surface area contributed by atoms with Gasteiger partial charge in [0.25, 0.3) is 0 Å². The van der Waals surface area contributed by atoms with Gasteiger partial charge in [0.2, 0.25) is 0 Å². The van der Waals surface area contributed by atoms with Crippen LogP contribution in [0.4, 0.5) is 5.69 Å². The normalized spacial score (nSPS) is 26.2. The molecule has 3 rings (SSSR count). The highest BCUT2D eigenvalue weighted by atomic mass is 16.1. The Labute approximate surface area is 107 Å². The Morgan fingerprint density at radius 1 is 1.28 bits per heavy atom. The van der Waals surface area contributed by atoms with Crippen molar-refractivity contribution in [3.8, 4) is 6.07 Å². The van der Waals surface area contributed by atoms with Gasteiger partial charge in [-0.25, -0.2) is 0 Å². The topological polar surface area (TPSA) is 44.1 Å². The number of carbonyl (C=O) groups is 1. The van der Waals surface area contributed by atoms with Gasteiger partial charge in [0, 0.05) is 24.9 Å². The van der Waals surface area contributed by atoms with E-state index in [2.05, 4.69) is 11.0 Å². The number of nitrogens with zero attached hydrogens (tertiary/aromatic N) is 2. The SMILES string of the molecule is Cc1cccc(N2C3CCC2CC(=O)C3)c1C#N. The summed E-state index contributed by atoms with van der Waals surface area (Å²) in [7, 11) is 0. The van der Waals surface area contributed by atoms with Gasteiger partial charge in [0.1, 0.15) is 11.9 Å². The zero-order valence-electron chi connectivity index (χ0n) is 10.5. The van der Waals surface area contributed by atoms with Crippen molar-refractivity contribution in [3.05, 3.63) is 29.3 Å². The van der Waals surface area contributed by atoms with E-state index in [0.29, 0.717) is 30.7 Å². The molecular formula is C15H16N2O. The molecule has 2 heterocycles. The number of rotatable bonds is 1. The second-order valence-corrected chi connectivity index (χ2v) is 5.32. The number of hydrogen-bond donors (Lipinski definition) is 0. The fourth-order valence-electron chi connectivity index (χ4n) is 3.38. The second kappa shape index (κ2) is 4.13. The van der Waals surface area contributed by atoms with Crippen LogP contribution in [0.15, 0.2) is 18.2 Å². The summed E-state index contributed by atoms with van der Waals surface area (Å²) in [4.78, 5) is 14.0. The van der Waals surface area contributed by atoms with Crippen LogP contribution in [-0.4, -0.2) is 17.9 Å². The molecule has 2 bridgehead atoms. The summed E-state index contributed by atoms with van der Waals surface area (Å²) in [6, 6.07) is 8.93. The van der Waals surface area contributed by atoms with Gasteiger partial charge in [-0.2, -0.15) is 5.26 Å². The molecule has 92 valence electrons. The monoisotopic (exact) mass is 240 g/mol. The lowest BCUT2D eigenvalue weighted by molar-refractivity contribution is -0.120. The van der Waals surface area contributed by atoms with E-state index >= 15 is 0 Å². The van der Waals surface area contributed by atoms with E-state index in [-0.39, 0.29) is 0 Å². The Hall–Kier alpha value is -1.82. The van der Waals surface area contributed by atoms with Crippen LogP contribution in [0.3, 0.4) is 0 Å². The number of fused-ring (bicyclic) bond motifs is 2. The maximum Gasteiger partial charge on any atom is 0.137 e. The van der Waals surface area contributed by atoms with E-state index in [1.807, 2.05) is 25.1 Å². The van der Waals surface area contributed by atoms with Crippen LogP contribution in [0, 0.1) is 18.3 Å². The summed E-state index contributed by atoms with van der Waals surface area (Å²) in [5.74, 6) is 0.380. The Morgan fingerprint density at radius 2 is 1.94 bits per heavy atom. The quantitative estimate of drug-likeness (QED) is 0.757. The molecule has 0 amide bonds. The summed E-state index contributed by atoms with van der Waals surface area (Å²) >= 11 is 0. The van der Waals surface area contributed by atoms with Crippen molar-refractivity contribution in [1.82, 2.24) is 0 Å². The number of anilines is 1. The number of hydrogen-bond acceptors (Lipinski definition) is 3. The lowest BCUT2D eigenvalue weighted by atomic mass is 9.98. The van der Waals surface area contributed by atoms with Crippen molar-refractivity contribution >= 4 is 11.5 Å². The van der Waals surface area contributed by atoms with Crippen molar-refractivity contribution < 1.29 is 4.79 Å². The summed E-state index contributed by atoms with van der Waals surface area (Å²) in [5, 5.41) is 9.33. The van der Waals surface area contributed by atoms with E-state index in [0.717, 1.165) is 29.7 Å². The smallest absolute Gasteiger partial charge is 0.137 e. The molecule has 0 aromatic heterocycles. The van der Waals surface area contributed by atoms with Crippen LogP contribution in [0.1, 0.15) is 36.8 Å². The fourth-order valence-corrected chi connectivity index (χ4v) is 3.38. The number of carbonyl (C=O) groups excluding carboxylic acids is 1. The largest absolute Gasteiger partial charge is 0.364 e. The first-order valence-corrected chi connectivity index (χ1v) is 6.50. The van der Waals surface area contributed by atoms with Gasteiger partial charge < -0.3 is 4.90 Å². The molecule has 1 aromatic carbocycles. The number of nitriles is 1. The molecule has 2 atom stereocenters. The van der Waals surface area contributed by atoms with Crippen molar-refractivity contribution in [1.29, 1.82) is 5.26 Å². The molecular weight excluding hydrogens is 224 g/mol. The van der Waals surface area contributed by atoms with Crippen LogP contribution in [0.5, 0.6) is 0 Å². The molecule has 2 aliphatic rings. The molecule has 0 aliphatic carbocycles. The molecule has 2 aliphatic heterocycles. The first-order chi connectivity index (χ1) is 8.70. The van der Waals surface area contributed by atoms with Gasteiger partial charge in [-0.3, -0.25) is 4.79 Å². The number of aryl methyl sites for hydroxylation is 1. The molecule has 2 fully saturated rings. The first kappa shape index (κ1) is 11.3. The van der Waals surface area contributed by atoms with Gasteiger partial charge in [-0.1, -0.05) is 12.1 Å². The maximum atomic E-state index is 11.6. The van der Waals surface area contributed by atoms with Gasteiger partial charge in [-0.15, -0.1) is 0 Å². The predicted octanol–water partition coefficient (Wildman–Crippen LogP) is 2.57. The van der Waals surface area contributed by atoms with Gasteiger partial charge in [0.15, 0.2) is 0 Å². The van der Waals surface area contributed by atoms with Crippen LogP contribution in [0.2, 0.25) is 0 Å². The minimum atomic E-state index is 0.310. The lowest BCUT2D eigenvalue weighted by Crippen LogP contribution is -2.43. The third kappa shape index (κ3) is 1.60. The van der Waals surface area contributed by atoms with E-state index in [1.165, 1.54) is 0 Å². The lowest BCUT2D eigenvalue weighted by Gasteiger charge is -2.36. The molecule has 0 N–H and O–H groups in total. The van der Waals surface area contributed by atoms with Gasteiger partial charge in [0.05, 0.1) is 11.3 Å². The van der Waals surface area contributed by atoms with Crippen molar-refractivity contribution in [2.45, 2.75) is 44.7 Å². The number of piperidine rings is 1. The molecule has 2 unspecified atom stereocenters. The molecule has 0 radical (unpaired) electrons. The highest BCUT2D eigenvalue weighted by Gasteiger charge is 2.40. The second-order valence-electron chi connectivity index (χ2n) is 5.32. The van der Waals surface area contributed by atoms with Crippen LogP contribution < -0.4 is 4.90 Å². The standard InChI is InChI=1S/C15H16N2O/c1-10-3-2-4-15(14(10)9-16)17-11-5-6-12(17)8-13(18)7-11/h2-4,11-12H,5-8H2,1H3. The summed E-state index contributed by atoms with van der Waals surface area (Å²) in [5.41, 5.74) is 2.81. The average molecular weight is 240 g/mol. The maximum absolute atomic E-state index is 11.6. The molecule has 0 spiro atoms. The van der Waals surface area contributed by atoms with Gasteiger partial charge >= 0.3 is 0 Å². The molecule has 1 aromatic rings. The Kier molecular flexibility index (Phi) is 2.59. The Bertz CT molecular complexity index is 528. The summed E-state index contributed by atoms with van der Waals surface area (Å²) < 4.78 is 0. The minimum Gasteiger partial charge on any atom is -0.364 e. The van der Waals surface area contributed by atoms with E-state index in [9.17, 15) is 10.1 Å². The average Bonchev–Trinajstić information content (AvgIpc) is 2.61. The van der Waals surface area contributed by atoms with Crippen LogP contribution in [-0.2, 0) is 4.79 Å². The summed E-state index contributed by atoms with van der Waals surface area (Å²) in [6.07, 6.45) is 3.45. The third-order valence-electron chi connectivity index (χ3n) is 4.19. The molecule has 3 nitrogen and oxygen atoms in total. The first-order valence-electron chi connectivity index (χ1n) is 6.50. The molecule has 18 heavy (non-hydrogen) atoms. The zero-order valence-corrected chi connectivity index (χ0v) is 10.5. The van der Waals surface area contributed by atoms with Crippen LogP contribution in [0.25, 0.3) is 0 Å². The number of Topliss-reactive ketones (excluding diaryl/α,β-unsaturated/α-hetero) is 1. The molecule has 3 heteroatoms. The Morgan fingerprint density at radius 3 is 2.56 bits per heavy atom. The van der Waals surface area contributed by atoms with Crippen molar-refractivity contribution in [3.63, 3.8) is 0 Å². The number of benzene rings is 1. The van der Waals surface area contributed by atoms with Gasteiger partial charge in [-0.05, 0) is 31.4 Å². The third-order valence-corrected chi connectivity index (χ3v) is 4.19. The van der Waals surface area contributed by atoms with E-state index in [4.69, 9.17) is 0 Å². The van der Waals surface area contributed by atoms with E-state index in [1.54, 1.807) is 0 Å². The predicted molar refractivity (Wildman–Crippen MR) is 69.4 cm³/mol. The fraction of sp³-hybridized carbons (Fsp3) is 0.467. The van der Waals surface area contributed by atoms with E-state index < -0.39 is 0 Å². The molecule has 2 saturated heterocycles. The number of ketones is 1. The van der Waals surface area contributed by atoms with Crippen LogP contribution >= 0.6 is 0 Å².